The van der Waals surface area contributed by atoms with Crippen LogP contribution in [0.4, 0.5) is 13.2 Å². The molecule has 1 aliphatic rings. The zero-order valence-electron chi connectivity index (χ0n) is 15.6. The summed E-state index contributed by atoms with van der Waals surface area (Å²) in [6.45, 7) is 0.215. The molecule has 0 aliphatic carbocycles. The van der Waals surface area contributed by atoms with E-state index in [-0.39, 0.29) is 25.0 Å². The molecule has 1 atom stereocenters. The summed E-state index contributed by atoms with van der Waals surface area (Å²) in [6.07, 6.45) is -1.41. The van der Waals surface area contributed by atoms with E-state index in [1.165, 1.54) is 9.80 Å². The normalized spacial score (nSPS) is 18.6. The Balaban J connectivity index is 1.88. The molecule has 0 saturated carbocycles. The highest BCUT2D eigenvalue weighted by Gasteiger charge is 2.34. The predicted octanol–water partition coefficient (Wildman–Crippen LogP) is 1.08. The van der Waals surface area contributed by atoms with E-state index < -0.39 is 12.7 Å². The number of alkyl halides is 3. The van der Waals surface area contributed by atoms with Gasteiger partial charge in [0.05, 0.1) is 12.8 Å². The standard InChI is InChI=1S/C17H26F3N5O2/c1-24(2)15(26)10-22-16(21-7-5-14-4-3-9-27-14)23-13-6-8-25(11-13)12-17(18,19)20/h3-4,9,13H,5-8,10-12H2,1-2H3,(H2,21,22,23). The van der Waals surface area contributed by atoms with Gasteiger partial charge in [-0.2, -0.15) is 13.2 Å². The first-order valence-corrected chi connectivity index (χ1v) is 8.79. The zero-order valence-corrected chi connectivity index (χ0v) is 15.6. The lowest BCUT2D eigenvalue weighted by Crippen LogP contribution is -2.46. The fraction of sp³-hybridized carbons (Fsp3) is 0.647. The molecule has 1 unspecified atom stereocenters. The number of halogens is 3. The Labute approximate surface area is 156 Å². The van der Waals surface area contributed by atoms with Crippen LogP contribution in [0.5, 0.6) is 0 Å². The van der Waals surface area contributed by atoms with Gasteiger partial charge in [-0.1, -0.05) is 0 Å². The van der Waals surface area contributed by atoms with Crippen molar-refractivity contribution in [3.8, 4) is 0 Å². The van der Waals surface area contributed by atoms with Crippen molar-refractivity contribution in [1.29, 1.82) is 0 Å². The third-order valence-electron chi connectivity index (χ3n) is 4.13. The highest BCUT2D eigenvalue weighted by atomic mass is 19.4. The second-order valence-corrected chi connectivity index (χ2v) is 6.69. The van der Waals surface area contributed by atoms with Crippen LogP contribution in [0.25, 0.3) is 0 Å². The molecule has 0 spiro atoms. The monoisotopic (exact) mass is 389 g/mol. The summed E-state index contributed by atoms with van der Waals surface area (Å²) in [6, 6.07) is 3.50. The Morgan fingerprint density at radius 2 is 2.22 bits per heavy atom. The minimum absolute atomic E-state index is 0.0396. The molecule has 1 fully saturated rings. The number of amides is 1. The van der Waals surface area contributed by atoms with E-state index in [0.717, 1.165) is 5.76 Å². The van der Waals surface area contributed by atoms with Crippen molar-refractivity contribution in [3.63, 3.8) is 0 Å². The van der Waals surface area contributed by atoms with Crippen LogP contribution in [-0.2, 0) is 11.2 Å². The van der Waals surface area contributed by atoms with E-state index in [2.05, 4.69) is 15.6 Å². The Morgan fingerprint density at radius 3 is 2.85 bits per heavy atom. The van der Waals surface area contributed by atoms with E-state index in [4.69, 9.17) is 4.42 Å². The zero-order chi connectivity index (χ0) is 19.9. The highest BCUT2D eigenvalue weighted by Crippen LogP contribution is 2.19. The minimum atomic E-state index is -4.20. The maximum absolute atomic E-state index is 12.5. The maximum Gasteiger partial charge on any atom is 0.401 e. The molecule has 2 rings (SSSR count). The third kappa shape index (κ3) is 7.90. The van der Waals surface area contributed by atoms with Gasteiger partial charge >= 0.3 is 6.18 Å². The first-order chi connectivity index (χ1) is 12.7. The molecule has 0 aromatic carbocycles. The van der Waals surface area contributed by atoms with Crippen molar-refractivity contribution in [1.82, 2.24) is 20.4 Å². The van der Waals surface area contributed by atoms with Gasteiger partial charge in [-0.05, 0) is 18.6 Å². The lowest BCUT2D eigenvalue weighted by atomic mass is 10.3. The van der Waals surface area contributed by atoms with Crippen LogP contribution in [0.15, 0.2) is 27.8 Å². The summed E-state index contributed by atoms with van der Waals surface area (Å²) < 4.78 is 42.9. The van der Waals surface area contributed by atoms with Crippen molar-refractivity contribution >= 4 is 11.9 Å². The molecule has 10 heteroatoms. The molecule has 2 N–H and O–H groups in total. The number of hydrogen-bond donors (Lipinski definition) is 2. The number of hydrogen-bond acceptors (Lipinski definition) is 4. The number of aliphatic imine (C=N–C) groups is 1. The topological polar surface area (TPSA) is 73.1 Å². The number of nitrogens with one attached hydrogen (secondary N) is 2. The van der Waals surface area contributed by atoms with E-state index in [1.54, 1.807) is 26.4 Å². The molecule has 2 heterocycles. The molecule has 1 aliphatic heterocycles. The molecule has 1 aromatic heterocycles. The van der Waals surface area contributed by atoms with Crippen LogP contribution in [0, 0.1) is 0 Å². The smallest absolute Gasteiger partial charge is 0.401 e. The molecule has 152 valence electrons. The number of likely N-dealkylation sites (N-methyl/N-ethyl adjacent to an activating group) is 1. The van der Waals surface area contributed by atoms with Crippen LogP contribution in [-0.4, -0.2) is 80.7 Å². The first kappa shape index (κ1) is 21.1. The molecule has 0 bridgehead atoms. The van der Waals surface area contributed by atoms with E-state index in [9.17, 15) is 18.0 Å². The average molecular weight is 389 g/mol. The molecule has 1 aromatic rings. The van der Waals surface area contributed by atoms with Crippen molar-refractivity contribution in [2.45, 2.75) is 25.1 Å². The average Bonchev–Trinajstić information content (AvgIpc) is 3.22. The molecular weight excluding hydrogens is 363 g/mol. The SMILES string of the molecule is CN(C)C(=O)CN=C(NCCc1ccco1)NC1CCN(CC(F)(F)F)C1. The molecule has 7 nitrogen and oxygen atoms in total. The van der Waals surface area contributed by atoms with Gasteiger partial charge in [0.15, 0.2) is 5.96 Å². The predicted molar refractivity (Wildman–Crippen MR) is 95.4 cm³/mol. The number of likely N-dealkylation sites (tertiary alicyclic amines) is 1. The largest absolute Gasteiger partial charge is 0.469 e. The Bertz CT molecular complexity index is 617. The van der Waals surface area contributed by atoms with Gasteiger partial charge in [-0.15, -0.1) is 0 Å². The molecule has 1 saturated heterocycles. The summed E-state index contributed by atoms with van der Waals surface area (Å²) in [4.78, 5) is 18.8. The quantitative estimate of drug-likeness (QED) is 0.539. The molecular formula is C17H26F3N5O2. The van der Waals surface area contributed by atoms with Crippen molar-refractivity contribution in [2.75, 3.05) is 46.8 Å². The first-order valence-electron chi connectivity index (χ1n) is 8.79. The number of guanidine groups is 1. The molecule has 0 radical (unpaired) electrons. The summed E-state index contributed by atoms with van der Waals surface area (Å²) in [5, 5.41) is 6.24. The van der Waals surface area contributed by atoms with E-state index >= 15 is 0 Å². The van der Waals surface area contributed by atoms with E-state index in [1.807, 2.05) is 6.07 Å². The Morgan fingerprint density at radius 1 is 1.44 bits per heavy atom. The summed E-state index contributed by atoms with van der Waals surface area (Å²) in [5.74, 6) is 1.06. The lowest BCUT2D eigenvalue weighted by molar-refractivity contribution is -0.143. The van der Waals surface area contributed by atoms with Gasteiger partial charge in [-0.3, -0.25) is 9.69 Å². The van der Waals surface area contributed by atoms with Crippen LogP contribution in [0.3, 0.4) is 0 Å². The summed E-state index contributed by atoms with van der Waals surface area (Å²) >= 11 is 0. The maximum atomic E-state index is 12.5. The van der Waals surface area contributed by atoms with Crippen LogP contribution in [0.1, 0.15) is 12.2 Å². The van der Waals surface area contributed by atoms with Crippen molar-refractivity contribution < 1.29 is 22.4 Å². The van der Waals surface area contributed by atoms with Gasteiger partial charge in [0.25, 0.3) is 0 Å². The Kier molecular flexibility index (Phi) is 7.52. The van der Waals surface area contributed by atoms with Crippen LogP contribution in [0.2, 0.25) is 0 Å². The van der Waals surface area contributed by atoms with Crippen LogP contribution < -0.4 is 10.6 Å². The number of carbonyl (C=O) groups excluding carboxylic acids is 1. The van der Waals surface area contributed by atoms with Gasteiger partial charge in [-0.25, -0.2) is 4.99 Å². The minimum Gasteiger partial charge on any atom is -0.469 e. The fourth-order valence-electron chi connectivity index (χ4n) is 2.74. The summed E-state index contributed by atoms with van der Waals surface area (Å²) in [7, 11) is 3.28. The van der Waals surface area contributed by atoms with E-state index in [0.29, 0.717) is 31.9 Å². The lowest BCUT2D eigenvalue weighted by Gasteiger charge is -2.20. The van der Waals surface area contributed by atoms with Gasteiger partial charge in [0.2, 0.25) is 5.91 Å². The number of rotatable bonds is 7. The highest BCUT2D eigenvalue weighted by molar-refractivity contribution is 5.85. The van der Waals surface area contributed by atoms with Gasteiger partial charge in [0, 0.05) is 46.2 Å². The van der Waals surface area contributed by atoms with Gasteiger partial charge in [0.1, 0.15) is 12.3 Å². The fourth-order valence-corrected chi connectivity index (χ4v) is 2.74. The Hall–Kier alpha value is -2.23. The molecule has 1 amide bonds. The van der Waals surface area contributed by atoms with Crippen molar-refractivity contribution in [3.05, 3.63) is 24.2 Å². The third-order valence-corrected chi connectivity index (χ3v) is 4.13. The second-order valence-electron chi connectivity index (χ2n) is 6.69. The van der Waals surface area contributed by atoms with Crippen LogP contribution >= 0.6 is 0 Å². The van der Waals surface area contributed by atoms with Crippen molar-refractivity contribution in [2.24, 2.45) is 4.99 Å². The number of furan rings is 1. The summed E-state index contributed by atoms with van der Waals surface area (Å²) in [5.41, 5.74) is 0. The van der Waals surface area contributed by atoms with Gasteiger partial charge < -0.3 is 20.0 Å². The second kappa shape index (κ2) is 9.63. The number of carbonyl (C=O) groups is 1. The number of nitrogens with zero attached hydrogens (tertiary/aromatic N) is 3. The molecule has 27 heavy (non-hydrogen) atoms.